The van der Waals surface area contributed by atoms with Crippen molar-refractivity contribution in [2.45, 2.75) is 26.4 Å². The minimum absolute atomic E-state index is 0.0772. The highest BCUT2D eigenvalue weighted by atomic mass is 32.1. The molecular formula is C10H13NO5S. The van der Waals surface area contributed by atoms with Crippen LogP contribution in [0.1, 0.15) is 20.8 Å². The fourth-order valence-corrected chi connectivity index (χ4v) is 1.64. The van der Waals surface area contributed by atoms with E-state index in [1.165, 1.54) is 16.7 Å². The van der Waals surface area contributed by atoms with Crippen LogP contribution in [0.15, 0.2) is 10.8 Å². The molecule has 0 radical (unpaired) electrons. The van der Waals surface area contributed by atoms with Gasteiger partial charge < -0.3 is 14.6 Å². The van der Waals surface area contributed by atoms with Crippen molar-refractivity contribution >= 4 is 29.3 Å². The summed E-state index contributed by atoms with van der Waals surface area (Å²) >= 11 is 1.21. The smallest absolute Gasteiger partial charge is 0.449 e. The summed E-state index contributed by atoms with van der Waals surface area (Å²) in [7, 11) is 0. The Kier molecular flexibility index (Phi) is 3.95. The summed E-state index contributed by atoms with van der Waals surface area (Å²) in [4.78, 5) is 21.8. The molecule has 0 spiro atoms. The number of carbonyl (C=O) groups excluding carboxylic acids is 1. The molecule has 0 aliphatic heterocycles. The minimum Gasteiger partial charge on any atom is -0.449 e. The second-order valence-corrected chi connectivity index (χ2v) is 4.89. The lowest BCUT2D eigenvalue weighted by Gasteiger charge is -2.19. The molecule has 0 unspecified atom stereocenters. The quantitative estimate of drug-likeness (QED) is 0.797. The van der Waals surface area contributed by atoms with E-state index in [1.807, 2.05) is 0 Å². The molecule has 6 nitrogen and oxygen atoms in total. The Morgan fingerprint density at radius 2 is 2.00 bits per heavy atom. The molecule has 0 saturated heterocycles. The van der Waals surface area contributed by atoms with E-state index in [0.29, 0.717) is 0 Å². The second kappa shape index (κ2) is 5.05. The van der Waals surface area contributed by atoms with E-state index in [0.717, 1.165) is 0 Å². The molecule has 1 aromatic heterocycles. The summed E-state index contributed by atoms with van der Waals surface area (Å²) in [5, 5.41) is 13.9. The standard InChI is InChI=1S/C10H13NO5S/c1-10(2,3)16-8(12)11-6-4-17-5-7(6)15-9(13)14/h4-5H,1-3H3,(H,11,12)(H,13,14). The van der Waals surface area contributed by atoms with Crippen molar-refractivity contribution in [3.8, 4) is 5.75 Å². The van der Waals surface area contributed by atoms with Gasteiger partial charge in [0.25, 0.3) is 0 Å². The zero-order valence-electron chi connectivity index (χ0n) is 9.64. The molecule has 2 N–H and O–H groups in total. The summed E-state index contributed by atoms with van der Waals surface area (Å²) in [5.41, 5.74) is -0.347. The average Bonchev–Trinajstić information content (AvgIpc) is 2.47. The lowest BCUT2D eigenvalue weighted by Crippen LogP contribution is -2.27. The number of carbonyl (C=O) groups is 2. The molecule has 17 heavy (non-hydrogen) atoms. The van der Waals surface area contributed by atoms with Gasteiger partial charge in [-0.25, -0.2) is 9.59 Å². The zero-order valence-corrected chi connectivity index (χ0v) is 10.5. The highest BCUT2D eigenvalue weighted by molar-refractivity contribution is 7.08. The van der Waals surface area contributed by atoms with Crippen molar-refractivity contribution in [1.82, 2.24) is 0 Å². The number of nitrogens with one attached hydrogen (secondary N) is 1. The van der Waals surface area contributed by atoms with E-state index in [2.05, 4.69) is 10.1 Å². The van der Waals surface area contributed by atoms with E-state index in [4.69, 9.17) is 9.84 Å². The lowest BCUT2D eigenvalue weighted by atomic mass is 10.2. The summed E-state index contributed by atoms with van der Waals surface area (Å²) in [6.45, 7) is 5.19. The summed E-state index contributed by atoms with van der Waals surface area (Å²) in [6, 6.07) is 0. The molecule has 1 aromatic rings. The van der Waals surface area contributed by atoms with Crippen LogP contribution in [0.2, 0.25) is 0 Å². The first-order valence-electron chi connectivity index (χ1n) is 4.75. The highest BCUT2D eigenvalue weighted by Gasteiger charge is 2.18. The Labute approximate surface area is 102 Å². The van der Waals surface area contributed by atoms with Gasteiger partial charge >= 0.3 is 12.2 Å². The van der Waals surface area contributed by atoms with Gasteiger partial charge in [-0.15, -0.1) is 11.3 Å². The monoisotopic (exact) mass is 259 g/mol. The molecule has 1 heterocycles. The maximum Gasteiger partial charge on any atom is 0.511 e. The maximum absolute atomic E-state index is 11.4. The van der Waals surface area contributed by atoms with Crippen molar-refractivity contribution in [2.75, 3.05) is 5.32 Å². The predicted octanol–water partition coefficient (Wildman–Crippen LogP) is 3.15. The van der Waals surface area contributed by atoms with Gasteiger partial charge in [-0.05, 0) is 20.8 Å². The first-order chi connectivity index (χ1) is 7.78. The van der Waals surface area contributed by atoms with Crippen LogP contribution in [0, 0.1) is 0 Å². The Bertz CT molecular complexity index is 421. The molecule has 1 rings (SSSR count). The number of carboxylic acid groups (broad SMARTS) is 1. The second-order valence-electron chi connectivity index (χ2n) is 4.14. The molecule has 0 aromatic carbocycles. The average molecular weight is 259 g/mol. The van der Waals surface area contributed by atoms with Crippen LogP contribution in [0.5, 0.6) is 5.75 Å². The van der Waals surface area contributed by atoms with Crippen molar-refractivity contribution in [3.05, 3.63) is 10.8 Å². The minimum atomic E-state index is -1.43. The van der Waals surface area contributed by atoms with Gasteiger partial charge in [0.05, 0.1) is 5.69 Å². The van der Waals surface area contributed by atoms with Gasteiger partial charge in [0, 0.05) is 10.8 Å². The predicted molar refractivity (Wildman–Crippen MR) is 62.8 cm³/mol. The molecule has 7 heteroatoms. The van der Waals surface area contributed by atoms with E-state index >= 15 is 0 Å². The van der Waals surface area contributed by atoms with Gasteiger partial charge in [0.1, 0.15) is 5.60 Å². The van der Waals surface area contributed by atoms with Gasteiger partial charge in [-0.2, -0.15) is 0 Å². The van der Waals surface area contributed by atoms with Crippen molar-refractivity contribution in [3.63, 3.8) is 0 Å². The van der Waals surface area contributed by atoms with E-state index in [-0.39, 0.29) is 11.4 Å². The number of amides is 1. The van der Waals surface area contributed by atoms with Gasteiger partial charge in [0.2, 0.25) is 0 Å². The molecule has 1 amide bonds. The molecule has 94 valence electrons. The van der Waals surface area contributed by atoms with Gasteiger partial charge in [-0.1, -0.05) is 0 Å². The lowest BCUT2D eigenvalue weighted by molar-refractivity contribution is 0.0634. The molecule has 0 aliphatic rings. The molecular weight excluding hydrogens is 246 g/mol. The van der Waals surface area contributed by atoms with Gasteiger partial charge in [0.15, 0.2) is 5.75 Å². The fourth-order valence-electron chi connectivity index (χ4n) is 0.963. The van der Waals surface area contributed by atoms with Crippen LogP contribution in [0.25, 0.3) is 0 Å². The maximum atomic E-state index is 11.4. The Morgan fingerprint density at radius 3 is 2.53 bits per heavy atom. The van der Waals surface area contributed by atoms with Crippen LogP contribution in [-0.4, -0.2) is 23.0 Å². The highest BCUT2D eigenvalue weighted by Crippen LogP contribution is 2.29. The molecule has 0 atom stereocenters. The number of thiophene rings is 1. The summed E-state index contributed by atoms with van der Waals surface area (Å²) in [6.07, 6.45) is -2.10. The molecule has 0 bridgehead atoms. The van der Waals surface area contributed by atoms with Crippen molar-refractivity contribution in [2.24, 2.45) is 0 Å². The Morgan fingerprint density at radius 1 is 1.35 bits per heavy atom. The molecule has 0 fully saturated rings. The third-order valence-electron chi connectivity index (χ3n) is 1.46. The van der Waals surface area contributed by atoms with Crippen LogP contribution in [-0.2, 0) is 4.74 Å². The first-order valence-corrected chi connectivity index (χ1v) is 5.69. The van der Waals surface area contributed by atoms with Crippen LogP contribution in [0.3, 0.4) is 0 Å². The van der Waals surface area contributed by atoms with Crippen LogP contribution >= 0.6 is 11.3 Å². The number of ether oxygens (including phenoxy) is 2. The summed E-state index contributed by atoms with van der Waals surface area (Å²) < 4.78 is 9.50. The number of rotatable bonds is 2. The normalized spacial score (nSPS) is 10.8. The first kappa shape index (κ1) is 13.3. The number of hydrogen-bond donors (Lipinski definition) is 2. The van der Waals surface area contributed by atoms with Crippen molar-refractivity contribution in [1.29, 1.82) is 0 Å². The number of anilines is 1. The van der Waals surface area contributed by atoms with Crippen molar-refractivity contribution < 1.29 is 24.2 Å². The molecule has 0 saturated carbocycles. The largest absolute Gasteiger partial charge is 0.511 e. The number of hydrogen-bond acceptors (Lipinski definition) is 5. The third kappa shape index (κ3) is 4.73. The molecule has 0 aliphatic carbocycles. The third-order valence-corrected chi connectivity index (χ3v) is 2.18. The van der Waals surface area contributed by atoms with Crippen LogP contribution < -0.4 is 10.1 Å². The SMILES string of the molecule is CC(C)(C)OC(=O)Nc1cscc1OC(=O)O. The van der Waals surface area contributed by atoms with Gasteiger partial charge in [-0.3, -0.25) is 5.32 Å². The van der Waals surface area contributed by atoms with Crippen LogP contribution in [0.4, 0.5) is 15.3 Å². The van der Waals surface area contributed by atoms with E-state index in [1.54, 1.807) is 26.2 Å². The topological polar surface area (TPSA) is 84.9 Å². The Balaban J connectivity index is 2.65. The van der Waals surface area contributed by atoms with E-state index in [9.17, 15) is 9.59 Å². The van der Waals surface area contributed by atoms with E-state index < -0.39 is 17.8 Å². The summed E-state index contributed by atoms with van der Waals surface area (Å²) in [5.74, 6) is 0.0772. The Hall–Kier alpha value is -1.76. The zero-order chi connectivity index (χ0) is 13.1. The fraction of sp³-hybridized carbons (Fsp3) is 0.400.